The minimum absolute atomic E-state index is 0.336. The first-order valence-electron chi connectivity index (χ1n) is 7.42. The summed E-state index contributed by atoms with van der Waals surface area (Å²) in [5.41, 5.74) is 1.06. The van der Waals surface area contributed by atoms with E-state index in [0.29, 0.717) is 11.4 Å². The van der Waals surface area contributed by atoms with Gasteiger partial charge in [0.05, 0.1) is 4.90 Å². The van der Waals surface area contributed by atoms with Crippen molar-refractivity contribution in [3.63, 3.8) is 0 Å². The lowest BCUT2D eigenvalue weighted by molar-refractivity contribution is 0.579. The van der Waals surface area contributed by atoms with Crippen LogP contribution in [0.3, 0.4) is 0 Å². The standard InChI is InChI=1S/C16H27NO2SSi/c1-15-9-11-16(12-10-15)20(18,19)17-13-7-5-6-8-14-21(2,3)4/h6,8-12,17H,5,7,13-14H2,1-4H3/b8-6+. The molecule has 0 aromatic heterocycles. The Kier molecular flexibility index (Phi) is 6.84. The number of rotatable bonds is 8. The monoisotopic (exact) mass is 325 g/mol. The van der Waals surface area contributed by atoms with Crippen molar-refractivity contribution in [3.8, 4) is 0 Å². The van der Waals surface area contributed by atoms with Gasteiger partial charge in [0.25, 0.3) is 0 Å². The molecule has 21 heavy (non-hydrogen) atoms. The zero-order valence-electron chi connectivity index (χ0n) is 13.5. The summed E-state index contributed by atoms with van der Waals surface area (Å²) in [6.07, 6.45) is 6.15. The molecular formula is C16H27NO2SSi. The zero-order valence-corrected chi connectivity index (χ0v) is 15.3. The molecule has 0 heterocycles. The van der Waals surface area contributed by atoms with Crippen LogP contribution in [-0.2, 0) is 10.0 Å². The van der Waals surface area contributed by atoms with Crippen LogP contribution in [0.1, 0.15) is 18.4 Å². The SMILES string of the molecule is Cc1ccc(S(=O)(=O)NCCC/C=C/C[Si](C)(C)C)cc1. The maximum absolute atomic E-state index is 12.0. The molecule has 0 spiro atoms. The first kappa shape index (κ1) is 18.1. The first-order valence-corrected chi connectivity index (χ1v) is 12.6. The van der Waals surface area contributed by atoms with E-state index in [-0.39, 0.29) is 0 Å². The first-order chi connectivity index (χ1) is 9.71. The van der Waals surface area contributed by atoms with Gasteiger partial charge in [-0.15, -0.1) is 0 Å². The molecular weight excluding hydrogens is 298 g/mol. The van der Waals surface area contributed by atoms with Crippen molar-refractivity contribution in [2.24, 2.45) is 0 Å². The van der Waals surface area contributed by atoms with E-state index >= 15 is 0 Å². The molecule has 0 aliphatic rings. The van der Waals surface area contributed by atoms with Crippen molar-refractivity contribution < 1.29 is 8.42 Å². The Morgan fingerprint density at radius 1 is 1.10 bits per heavy atom. The van der Waals surface area contributed by atoms with E-state index < -0.39 is 18.1 Å². The Morgan fingerprint density at radius 2 is 1.71 bits per heavy atom. The number of aryl methyl sites for hydroxylation is 1. The van der Waals surface area contributed by atoms with Crippen LogP contribution >= 0.6 is 0 Å². The second-order valence-electron chi connectivity index (χ2n) is 6.59. The fourth-order valence-corrected chi connectivity index (χ4v) is 3.73. The smallest absolute Gasteiger partial charge is 0.211 e. The van der Waals surface area contributed by atoms with Gasteiger partial charge in [0.15, 0.2) is 0 Å². The van der Waals surface area contributed by atoms with Gasteiger partial charge in [-0.2, -0.15) is 0 Å². The highest BCUT2D eigenvalue weighted by Gasteiger charge is 2.12. The quantitative estimate of drug-likeness (QED) is 0.447. The molecule has 0 aliphatic heterocycles. The van der Waals surface area contributed by atoms with Gasteiger partial charge in [0.2, 0.25) is 10.0 Å². The fourth-order valence-electron chi connectivity index (χ4n) is 1.78. The molecule has 0 radical (unpaired) electrons. The largest absolute Gasteiger partial charge is 0.240 e. The van der Waals surface area contributed by atoms with E-state index in [9.17, 15) is 8.42 Å². The molecule has 1 rings (SSSR count). The minimum Gasteiger partial charge on any atom is -0.211 e. The number of hydrogen-bond acceptors (Lipinski definition) is 2. The molecule has 5 heteroatoms. The minimum atomic E-state index is -3.36. The van der Waals surface area contributed by atoms with Gasteiger partial charge < -0.3 is 0 Å². The van der Waals surface area contributed by atoms with Crippen molar-refractivity contribution in [1.82, 2.24) is 4.72 Å². The molecule has 0 aliphatic carbocycles. The van der Waals surface area contributed by atoms with E-state index in [0.717, 1.165) is 18.4 Å². The van der Waals surface area contributed by atoms with E-state index in [1.54, 1.807) is 12.1 Å². The van der Waals surface area contributed by atoms with Crippen LogP contribution in [0, 0.1) is 6.92 Å². The van der Waals surface area contributed by atoms with Gasteiger partial charge in [-0.25, -0.2) is 13.1 Å². The van der Waals surface area contributed by atoms with Gasteiger partial charge >= 0.3 is 0 Å². The van der Waals surface area contributed by atoms with E-state index in [1.165, 1.54) is 6.04 Å². The molecule has 1 aromatic carbocycles. The summed E-state index contributed by atoms with van der Waals surface area (Å²) in [4.78, 5) is 0.336. The summed E-state index contributed by atoms with van der Waals surface area (Å²) < 4.78 is 26.7. The van der Waals surface area contributed by atoms with Crippen molar-refractivity contribution in [1.29, 1.82) is 0 Å². The van der Waals surface area contributed by atoms with E-state index in [4.69, 9.17) is 0 Å². The Bertz CT molecular complexity index is 557. The van der Waals surface area contributed by atoms with Crippen LogP contribution in [0.2, 0.25) is 25.7 Å². The summed E-state index contributed by atoms with van der Waals surface area (Å²) in [6, 6.07) is 8.10. The maximum Gasteiger partial charge on any atom is 0.240 e. The number of benzene rings is 1. The topological polar surface area (TPSA) is 46.2 Å². The van der Waals surface area contributed by atoms with Crippen molar-refractivity contribution in [2.75, 3.05) is 6.54 Å². The molecule has 0 atom stereocenters. The van der Waals surface area contributed by atoms with Gasteiger partial charge in [-0.3, -0.25) is 0 Å². The lowest BCUT2D eigenvalue weighted by Gasteiger charge is -2.11. The fraction of sp³-hybridized carbons (Fsp3) is 0.500. The average Bonchev–Trinajstić information content (AvgIpc) is 2.36. The van der Waals surface area contributed by atoms with Gasteiger partial charge in [-0.05, 0) is 37.9 Å². The number of hydrogen-bond donors (Lipinski definition) is 1. The normalized spacial score (nSPS) is 13.0. The third-order valence-corrected chi connectivity index (χ3v) is 6.01. The molecule has 1 N–H and O–H groups in total. The number of allylic oxidation sites excluding steroid dienone is 2. The average molecular weight is 326 g/mol. The van der Waals surface area contributed by atoms with Crippen molar-refractivity contribution >= 4 is 18.1 Å². The number of nitrogens with one attached hydrogen (secondary N) is 1. The second kappa shape index (κ2) is 7.92. The molecule has 0 saturated heterocycles. The van der Waals surface area contributed by atoms with Crippen LogP contribution < -0.4 is 4.72 Å². The Hall–Kier alpha value is -0.913. The molecule has 3 nitrogen and oxygen atoms in total. The van der Waals surface area contributed by atoms with Crippen LogP contribution in [0.25, 0.3) is 0 Å². The second-order valence-corrected chi connectivity index (χ2v) is 13.9. The summed E-state index contributed by atoms with van der Waals surface area (Å²) >= 11 is 0. The summed E-state index contributed by atoms with van der Waals surface area (Å²) in [5, 5.41) is 0. The maximum atomic E-state index is 12.0. The molecule has 0 saturated carbocycles. The van der Waals surface area contributed by atoms with Gasteiger partial charge in [0.1, 0.15) is 0 Å². The Balaban J connectivity index is 2.33. The summed E-state index contributed by atoms with van der Waals surface area (Å²) in [6.45, 7) is 9.44. The molecule has 0 amide bonds. The lowest BCUT2D eigenvalue weighted by atomic mass is 10.2. The predicted octanol–water partition coefficient (Wildman–Crippen LogP) is 3.95. The summed E-state index contributed by atoms with van der Waals surface area (Å²) in [5.74, 6) is 0. The Labute approximate surface area is 130 Å². The third kappa shape index (κ3) is 7.60. The van der Waals surface area contributed by atoms with E-state index in [1.807, 2.05) is 19.1 Å². The number of sulfonamides is 1. The molecule has 1 aromatic rings. The lowest BCUT2D eigenvalue weighted by Crippen LogP contribution is -2.24. The molecule has 0 fully saturated rings. The number of unbranched alkanes of at least 4 members (excludes halogenated alkanes) is 1. The highest BCUT2D eigenvalue weighted by molar-refractivity contribution is 7.89. The van der Waals surface area contributed by atoms with Crippen LogP contribution in [0.15, 0.2) is 41.3 Å². The molecule has 0 bridgehead atoms. The van der Waals surface area contributed by atoms with Gasteiger partial charge in [-0.1, -0.05) is 49.5 Å². The molecule has 0 unspecified atom stereocenters. The highest BCUT2D eigenvalue weighted by atomic mass is 32.2. The van der Waals surface area contributed by atoms with Crippen LogP contribution in [0.4, 0.5) is 0 Å². The Morgan fingerprint density at radius 3 is 2.29 bits per heavy atom. The zero-order chi connectivity index (χ0) is 15.9. The van der Waals surface area contributed by atoms with Crippen molar-refractivity contribution in [3.05, 3.63) is 42.0 Å². The van der Waals surface area contributed by atoms with Crippen molar-refractivity contribution in [2.45, 2.75) is 50.3 Å². The third-order valence-electron chi connectivity index (χ3n) is 3.07. The molecule has 118 valence electrons. The predicted molar refractivity (Wildman–Crippen MR) is 92.9 cm³/mol. The highest BCUT2D eigenvalue weighted by Crippen LogP contribution is 2.10. The summed E-state index contributed by atoms with van der Waals surface area (Å²) in [7, 11) is -4.36. The van der Waals surface area contributed by atoms with Crippen LogP contribution in [0.5, 0.6) is 0 Å². The van der Waals surface area contributed by atoms with E-state index in [2.05, 4.69) is 36.5 Å². The van der Waals surface area contributed by atoms with Crippen LogP contribution in [-0.4, -0.2) is 23.0 Å². The van der Waals surface area contributed by atoms with Gasteiger partial charge in [0, 0.05) is 14.6 Å².